The number of likely N-dealkylation sites (tertiary alicyclic amines) is 1. The van der Waals surface area contributed by atoms with E-state index in [4.69, 9.17) is 4.74 Å². The molecule has 3 atom stereocenters. The molecule has 2 aliphatic rings. The smallest absolute Gasteiger partial charge is 0.317 e. The summed E-state index contributed by atoms with van der Waals surface area (Å²) in [6.07, 6.45) is 0.439. The van der Waals surface area contributed by atoms with E-state index >= 15 is 0 Å². The molecular weight excluding hydrogens is 282 g/mol. The number of ether oxygens (including phenoxy) is 1. The number of rotatable bonds is 3. The van der Waals surface area contributed by atoms with Crippen molar-refractivity contribution < 1.29 is 14.3 Å². The maximum Gasteiger partial charge on any atom is 0.317 e. The molecule has 0 aliphatic carbocycles. The van der Waals surface area contributed by atoms with Crippen molar-refractivity contribution in [3.8, 4) is 0 Å². The van der Waals surface area contributed by atoms with Gasteiger partial charge in [-0.2, -0.15) is 0 Å². The highest BCUT2D eigenvalue weighted by Crippen LogP contribution is 2.32. The number of amides is 3. The predicted octanol–water partition coefficient (Wildman–Crippen LogP) is 0.731. The van der Waals surface area contributed by atoms with Crippen LogP contribution in [0, 0.1) is 5.92 Å². The molecule has 22 heavy (non-hydrogen) atoms. The molecule has 2 heterocycles. The first-order chi connectivity index (χ1) is 10.7. The molecule has 1 aromatic carbocycles. The van der Waals surface area contributed by atoms with E-state index in [-0.39, 0.29) is 30.1 Å². The van der Waals surface area contributed by atoms with Crippen molar-refractivity contribution in [3.63, 3.8) is 0 Å². The molecule has 3 amide bonds. The molecule has 6 nitrogen and oxygen atoms in total. The lowest BCUT2D eigenvalue weighted by Crippen LogP contribution is -2.50. The number of nitrogens with one attached hydrogen (secondary N) is 2. The third-order valence-corrected chi connectivity index (χ3v) is 4.30. The van der Waals surface area contributed by atoms with E-state index in [1.165, 1.54) is 0 Å². The third-order valence-electron chi connectivity index (χ3n) is 4.30. The van der Waals surface area contributed by atoms with Crippen LogP contribution in [0.3, 0.4) is 0 Å². The summed E-state index contributed by atoms with van der Waals surface area (Å²) < 4.78 is 5.83. The maximum atomic E-state index is 12.4. The first-order valence-electron chi connectivity index (χ1n) is 7.61. The second kappa shape index (κ2) is 6.36. The van der Waals surface area contributed by atoms with Gasteiger partial charge in [-0.3, -0.25) is 4.79 Å². The van der Waals surface area contributed by atoms with Crippen LogP contribution in [-0.2, 0) is 16.1 Å². The van der Waals surface area contributed by atoms with Crippen molar-refractivity contribution in [3.05, 3.63) is 35.9 Å². The summed E-state index contributed by atoms with van der Waals surface area (Å²) in [5.41, 5.74) is 1.07. The van der Waals surface area contributed by atoms with Gasteiger partial charge in [0.25, 0.3) is 0 Å². The van der Waals surface area contributed by atoms with Gasteiger partial charge in [0, 0.05) is 26.7 Å². The minimum absolute atomic E-state index is 0.00936. The van der Waals surface area contributed by atoms with E-state index in [1.54, 1.807) is 11.9 Å². The van der Waals surface area contributed by atoms with Gasteiger partial charge in [0.1, 0.15) is 0 Å². The fourth-order valence-electron chi connectivity index (χ4n) is 3.17. The van der Waals surface area contributed by atoms with Crippen molar-refractivity contribution in [2.45, 2.75) is 25.2 Å². The van der Waals surface area contributed by atoms with Crippen LogP contribution in [0.2, 0.25) is 0 Å². The van der Waals surface area contributed by atoms with Crippen LogP contribution in [0.5, 0.6) is 0 Å². The second-order valence-corrected chi connectivity index (χ2v) is 5.80. The number of nitrogens with zero attached hydrogens (tertiary/aromatic N) is 1. The molecule has 2 aliphatic heterocycles. The Morgan fingerprint density at radius 2 is 2.05 bits per heavy atom. The summed E-state index contributed by atoms with van der Waals surface area (Å²) in [5.74, 6) is -0.168. The van der Waals surface area contributed by atoms with E-state index in [2.05, 4.69) is 10.6 Å². The van der Waals surface area contributed by atoms with Crippen molar-refractivity contribution in [2.75, 3.05) is 20.1 Å². The molecule has 1 aromatic rings. The van der Waals surface area contributed by atoms with E-state index in [0.717, 1.165) is 5.56 Å². The number of carbonyl (C=O) groups excluding carboxylic acids is 2. The Morgan fingerprint density at radius 1 is 1.27 bits per heavy atom. The Labute approximate surface area is 129 Å². The third kappa shape index (κ3) is 3.06. The number of hydrogen-bond donors (Lipinski definition) is 2. The van der Waals surface area contributed by atoms with Gasteiger partial charge in [-0.1, -0.05) is 30.3 Å². The molecule has 2 fully saturated rings. The monoisotopic (exact) mass is 303 g/mol. The zero-order valence-electron chi connectivity index (χ0n) is 12.6. The molecule has 2 bridgehead atoms. The van der Waals surface area contributed by atoms with Crippen LogP contribution in [0.15, 0.2) is 30.3 Å². The number of fused-ring (bicyclic) bond motifs is 2. The van der Waals surface area contributed by atoms with E-state index < -0.39 is 0 Å². The molecule has 6 heteroatoms. The van der Waals surface area contributed by atoms with Crippen LogP contribution in [0.4, 0.5) is 4.79 Å². The van der Waals surface area contributed by atoms with Gasteiger partial charge in [0.05, 0.1) is 18.1 Å². The maximum absolute atomic E-state index is 12.4. The zero-order chi connectivity index (χ0) is 15.5. The quantitative estimate of drug-likeness (QED) is 0.865. The van der Waals surface area contributed by atoms with Gasteiger partial charge in [-0.15, -0.1) is 0 Å². The molecule has 3 rings (SSSR count). The van der Waals surface area contributed by atoms with E-state index in [1.807, 2.05) is 30.3 Å². The van der Waals surface area contributed by atoms with Gasteiger partial charge in [0.2, 0.25) is 5.91 Å². The van der Waals surface area contributed by atoms with Crippen molar-refractivity contribution in [1.29, 1.82) is 0 Å². The molecule has 2 saturated heterocycles. The highest BCUT2D eigenvalue weighted by molar-refractivity contribution is 5.80. The van der Waals surface area contributed by atoms with Crippen molar-refractivity contribution in [2.24, 2.45) is 5.92 Å². The standard InChI is InChI=1S/C16H21N3O3/c1-17-16(21)19-9-12-7-13(14(10-19)22-12)15(20)18-8-11-5-3-2-4-6-11/h2-6,12-14H,7-10H2,1H3,(H,17,21)(H,18,20)/t12-,13-,14-/m1/s1. The fourth-order valence-corrected chi connectivity index (χ4v) is 3.17. The topological polar surface area (TPSA) is 70.7 Å². The first-order valence-corrected chi connectivity index (χ1v) is 7.61. The zero-order valence-corrected chi connectivity index (χ0v) is 12.6. The van der Waals surface area contributed by atoms with Crippen molar-refractivity contribution in [1.82, 2.24) is 15.5 Å². The van der Waals surface area contributed by atoms with Gasteiger partial charge >= 0.3 is 6.03 Å². The number of hydrogen-bond acceptors (Lipinski definition) is 3. The normalized spacial score (nSPS) is 26.6. The minimum atomic E-state index is -0.202. The Kier molecular flexibility index (Phi) is 4.29. The lowest BCUT2D eigenvalue weighted by atomic mass is 9.99. The Morgan fingerprint density at radius 3 is 2.77 bits per heavy atom. The molecule has 0 spiro atoms. The lowest BCUT2D eigenvalue weighted by Gasteiger charge is -2.32. The number of urea groups is 1. The minimum Gasteiger partial charge on any atom is -0.370 e. The largest absolute Gasteiger partial charge is 0.370 e. The van der Waals surface area contributed by atoms with Gasteiger partial charge in [-0.25, -0.2) is 4.79 Å². The van der Waals surface area contributed by atoms with Crippen LogP contribution >= 0.6 is 0 Å². The predicted molar refractivity (Wildman–Crippen MR) is 81.1 cm³/mol. The summed E-state index contributed by atoms with van der Waals surface area (Å²) in [7, 11) is 1.61. The highest BCUT2D eigenvalue weighted by atomic mass is 16.5. The molecule has 0 unspecified atom stereocenters. The Bertz CT molecular complexity index is 549. The van der Waals surface area contributed by atoms with Crippen LogP contribution in [0.1, 0.15) is 12.0 Å². The molecule has 118 valence electrons. The first kappa shape index (κ1) is 14.8. The molecule has 0 saturated carbocycles. The molecule has 2 N–H and O–H groups in total. The Balaban J connectivity index is 1.57. The summed E-state index contributed by atoms with van der Waals surface area (Å²) in [4.78, 5) is 25.9. The van der Waals surface area contributed by atoms with Gasteiger partial charge in [-0.05, 0) is 12.0 Å². The molecular formula is C16H21N3O3. The summed E-state index contributed by atoms with van der Waals surface area (Å²) in [6.45, 7) is 1.55. The van der Waals surface area contributed by atoms with E-state index in [0.29, 0.717) is 26.1 Å². The van der Waals surface area contributed by atoms with Gasteiger partial charge < -0.3 is 20.3 Å². The summed E-state index contributed by atoms with van der Waals surface area (Å²) in [6, 6.07) is 9.72. The summed E-state index contributed by atoms with van der Waals surface area (Å²) in [5, 5.41) is 5.60. The highest BCUT2D eigenvalue weighted by Gasteiger charge is 2.45. The SMILES string of the molecule is CNC(=O)N1C[C@H]2C[C@@H](C(=O)NCc3ccccc3)[C@@H](C1)O2. The van der Waals surface area contributed by atoms with Crippen LogP contribution < -0.4 is 10.6 Å². The fraction of sp³-hybridized carbons (Fsp3) is 0.500. The van der Waals surface area contributed by atoms with Crippen molar-refractivity contribution >= 4 is 11.9 Å². The average molecular weight is 303 g/mol. The van der Waals surface area contributed by atoms with Crippen LogP contribution in [0.25, 0.3) is 0 Å². The van der Waals surface area contributed by atoms with Gasteiger partial charge in [0.15, 0.2) is 0 Å². The molecule has 0 radical (unpaired) electrons. The number of carbonyl (C=O) groups is 2. The number of morpholine rings is 1. The average Bonchev–Trinajstić information content (AvgIpc) is 2.86. The Hall–Kier alpha value is -2.08. The lowest BCUT2D eigenvalue weighted by molar-refractivity contribution is -0.127. The summed E-state index contributed by atoms with van der Waals surface area (Å²) >= 11 is 0. The second-order valence-electron chi connectivity index (χ2n) is 5.80. The number of benzene rings is 1. The van der Waals surface area contributed by atoms with Crippen LogP contribution in [-0.4, -0.2) is 49.2 Å². The molecule has 0 aromatic heterocycles. The van der Waals surface area contributed by atoms with E-state index in [9.17, 15) is 9.59 Å².